The molecule has 230 valence electrons. The first-order chi connectivity index (χ1) is 20.8. The zero-order valence-electron chi connectivity index (χ0n) is 24.8. The number of para-hydroxylation sites is 1. The maximum absolute atomic E-state index is 15.0. The van der Waals surface area contributed by atoms with Gasteiger partial charge in [0.1, 0.15) is 18.4 Å². The van der Waals surface area contributed by atoms with Crippen LogP contribution >= 0.6 is 11.6 Å². The third kappa shape index (κ3) is 8.45. The second-order valence-corrected chi connectivity index (χ2v) is 13.7. The molecule has 10 heteroatoms. The molecule has 0 aliphatic heterocycles. The fourth-order valence-corrected chi connectivity index (χ4v) is 6.21. The van der Waals surface area contributed by atoms with Crippen molar-refractivity contribution in [1.29, 1.82) is 0 Å². The fraction of sp³-hybridized carbons (Fsp3) is 0.235. The van der Waals surface area contributed by atoms with Crippen LogP contribution in [0.3, 0.4) is 0 Å². The van der Waals surface area contributed by atoms with E-state index in [0.717, 1.165) is 9.87 Å². The Morgan fingerprint density at radius 2 is 1.41 bits per heavy atom. The third-order valence-electron chi connectivity index (χ3n) is 6.79. The second-order valence-electron chi connectivity index (χ2n) is 11.4. The molecule has 0 saturated carbocycles. The molecule has 0 aliphatic carbocycles. The number of sulfonamides is 1. The van der Waals surface area contributed by atoms with Gasteiger partial charge in [-0.05, 0) is 68.8 Å². The number of anilines is 1. The highest BCUT2D eigenvalue weighted by Crippen LogP contribution is 2.26. The summed E-state index contributed by atoms with van der Waals surface area (Å²) in [4.78, 5) is 29.4. The molecule has 4 aromatic rings. The van der Waals surface area contributed by atoms with Crippen LogP contribution < -0.4 is 9.62 Å². The highest BCUT2D eigenvalue weighted by Gasteiger charge is 2.36. The SMILES string of the molecule is CC(C)(C)NC(=O)C(Cc1ccccc1)N(Cc1ccccc1F)C(=O)CN(c1ccccc1)S(=O)(=O)c1ccc(Cl)cc1. The summed E-state index contributed by atoms with van der Waals surface area (Å²) in [5.74, 6) is -1.67. The Morgan fingerprint density at radius 1 is 0.841 bits per heavy atom. The molecule has 0 aromatic heterocycles. The van der Waals surface area contributed by atoms with E-state index in [1.807, 2.05) is 51.1 Å². The lowest BCUT2D eigenvalue weighted by Crippen LogP contribution is -2.56. The maximum atomic E-state index is 15.0. The Kier molecular flexibility index (Phi) is 10.4. The predicted octanol–water partition coefficient (Wildman–Crippen LogP) is 6.23. The predicted molar refractivity (Wildman–Crippen MR) is 171 cm³/mol. The van der Waals surface area contributed by atoms with Gasteiger partial charge in [-0.2, -0.15) is 0 Å². The molecule has 4 aromatic carbocycles. The van der Waals surface area contributed by atoms with Gasteiger partial charge in [-0.3, -0.25) is 13.9 Å². The van der Waals surface area contributed by atoms with Gasteiger partial charge in [0.15, 0.2) is 0 Å². The molecule has 1 atom stereocenters. The molecule has 0 fully saturated rings. The minimum Gasteiger partial charge on any atom is -0.350 e. The molecule has 1 unspecified atom stereocenters. The number of benzene rings is 4. The molecular weight excluding hydrogens is 601 g/mol. The average molecular weight is 636 g/mol. The molecule has 0 spiro atoms. The first-order valence-corrected chi connectivity index (χ1v) is 15.9. The van der Waals surface area contributed by atoms with Crippen LogP contribution in [0.25, 0.3) is 0 Å². The molecule has 0 saturated heterocycles. The van der Waals surface area contributed by atoms with Crippen LogP contribution in [0.5, 0.6) is 0 Å². The summed E-state index contributed by atoms with van der Waals surface area (Å²) < 4.78 is 43.9. The van der Waals surface area contributed by atoms with Gasteiger partial charge in [-0.15, -0.1) is 0 Å². The number of carbonyl (C=O) groups is 2. The van der Waals surface area contributed by atoms with Gasteiger partial charge < -0.3 is 10.2 Å². The first kappa shape index (κ1) is 32.7. The van der Waals surface area contributed by atoms with Gasteiger partial charge in [-0.25, -0.2) is 12.8 Å². The molecule has 0 aliphatic rings. The summed E-state index contributed by atoms with van der Waals surface area (Å²) in [6.07, 6.45) is 0.123. The van der Waals surface area contributed by atoms with Crippen LogP contribution in [0, 0.1) is 5.82 Å². The monoisotopic (exact) mass is 635 g/mol. The highest BCUT2D eigenvalue weighted by molar-refractivity contribution is 7.92. The zero-order chi connectivity index (χ0) is 31.9. The van der Waals surface area contributed by atoms with Crippen molar-refractivity contribution >= 4 is 39.1 Å². The summed E-state index contributed by atoms with van der Waals surface area (Å²) in [6, 6.07) is 27.9. The number of rotatable bonds is 11. The zero-order valence-corrected chi connectivity index (χ0v) is 26.4. The van der Waals surface area contributed by atoms with E-state index in [1.165, 1.54) is 47.4 Å². The molecule has 0 bridgehead atoms. The highest BCUT2D eigenvalue weighted by atomic mass is 35.5. The lowest BCUT2D eigenvalue weighted by molar-refractivity contribution is -0.140. The van der Waals surface area contributed by atoms with E-state index in [-0.39, 0.29) is 29.1 Å². The van der Waals surface area contributed by atoms with Crippen molar-refractivity contribution in [2.24, 2.45) is 0 Å². The number of amides is 2. The molecule has 44 heavy (non-hydrogen) atoms. The Hall–Kier alpha value is -4.21. The Bertz CT molecular complexity index is 1680. The second kappa shape index (κ2) is 14.1. The number of carbonyl (C=O) groups excluding carboxylic acids is 2. The smallest absolute Gasteiger partial charge is 0.264 e. The normalized spacial score (nSPS) is 12.3. The van der Waals surface area contributed by atoms with Crippen LogP contribution in [0.2, 0.25) is 5.02 Å². The van der Waals surface area contributed by atoms with Crippen molar-refractivity contribution in [3.05, 3.63) is 131 Å². The van der Waals surface area contributed by atoms with Gasteiger partial charge in [0.25, 0.3) is 10.0 Å². The van der Waals surface area contributed by atoms with Gasteiger partial charge in [-0.1, -0.05) is 78.3 Å². The summed E-state index contributed by atoms with van der Waals surface area (Å²) in [6.45, 7) is 4.57. The van der Waals surface area contributed by atoms with Crippen molar-refractivity contribution < 1.29 is 22.4 Å². The van der Waals surface area contributed by atoms with Crippen molar-refractivity contribution in [3.8, 4) is 0 Å². The lowest BCUT2D eigenvalue weighted by Gasteiger charge is -2.35. The topological polar surface area (TPSA) is 86.8 Å². The van der Waals surface area contributed by atoms with Gasteiger partial charge in [0.05, 0.1) is 10.6 Å². The van der Waals surface area contributed by atoms with E-state index >= 15 is 0 Å². The molecule has 1 N–H and O–H groups in total. The van der Waals surface area contributed by atoms with Gasteiger partial charge >= 0.3 is 0 Å². The molecule has 0 radical (unpaired) electrons. The van der Waals surface area contributed by atoms with Gasteiger partial charge in [0, 0.05) is 29.1 Å². The van der Waals surface area contributed by atoms with Crippen molar-refractivity contribution in [1.82, 2.24) is 10.2 Å². The van der Waals surface area contributed by atoms with Gasteiger partial charge in [0.2, 0.25) is 11.8 Å². The van der Waals surface area contributed by atoms with E-state index in [1.54, 1.807) is 36.4 Å². The number of nitrogens with zero attached hydrogens (tertiary/aromatic N) is 2. The van der Waals surface area contributed by atoms with E-state index < -0.39 is 45.8 Å². The molecular formula is C34H35ClFN3O4S. The van der Waals surface area contributed by atoms with Crippen molar-refractivity contribution in [3.63, 3.8) is 0 Å². The standard InChI is InChI=1S/C34H35ClFN3O4S/c1-34(2,3)37-33(41)31(22-25-12-6-4-7-13-25)38(23-26-14-10-11-17-30(26)36)32(40)24-39(28-15-8-5-9-16-28)44(42,43)29-20-18-27(35)19-21-29/h4-21,31H,22-24H2,1-3H3,(H,37,41). The van der Waals surface area contributed by atoms with Crippen LogP contribution in [0.15, 0.2) is 114 Å². The molecule has 7 nitrogen and oxygen atoms in total. The number of hydrogen-bond acceptors (Lipinski definition) is 4. The van der Waals surface area contributed by atoms with E-state index in [9.17, 15) is 22.4 Å². The molecule has 2 amide bonds. The van der Waals surface area contributed by atoms with Crippen LogP contribution in [0.4, 0.5) is 10.1 Å². The number of hydrogen-bond donors (Lipinski definition) is 1. The van der Waals surface area contributed by atoms with Crippen molar-refractivity contribution in [2.75, 3.05) is 10.8 Å². The Labute approximate surface area is 263 Å². The van der Waals surface area contributed by atoms with E-state index in [4.69, 9.17) is 11.6 Å². The lowest BCUT2D eigenvalue weighted by atomic mass is 10.0. The minimum atomic E-state index is -4.26. The quantitative estimate of drug-likeness (QED) is 0.212. The summed E-state index contributed by atoms with van der Waals surface area (Å²) in [5, 5.41) is 3.31. The Morgan fingerprint density at radius 3 is 2.00 bits per heavy atom. The van der Waals surface area contributed by atoms with Crippen LogP contribution in [-0.4, -0.2) is 43.3 Å². The largest absolute Gasteiger partial charge is 0.350 e. The van der Waals surface area contributed by atoms with Crippen LogP contribution in [-0.2, 0) is 32.6 Å². The van der Waals surface area contributed by atoms with E-state index in [2.05, 4.69) is 5.32 Å². The maximum Gasteiger partial charge on any atom is 0.264 e. The summed E-state index contributed by atoms with van der Waals surface area (Å²) in [5.41, 5.74) is 0.587. The molecule has 4 rings (SSSR count). The summed E-state index contributed by atoms with van der Waals surface area (Å²) >= 11 is 6.01. The van der Waals surface area contributed by atoms with Crippen molar-refractivity contribution in [2.45, 2.75) is 50.2 Å². The number of nitrogens with one attached hydrogen (secondary N) is 1. The van der Waals surface area contributed by atoms with Crippen LogP contribution in [0.1, 0.15) is 31.9 Å². The Balaban J connectivity index is 1.81. The number of halogens is 2. The van der Waals surface area contributed by atoms with E-state index in [0.29, 0.717) is 5.02 Å². The fourth-order valence-electron chi connectivity index (χ4n) is 4.67. The molecule has 0 heterocycles. The minimum absolute atomic E-state index is 0.0643. The average Bonchev–Trinajstić information content (AvgIpc) is 2.98. The summed E-state index contributed by atoms with van der Waals surface area (Å²) in [7, 11) is -4.26. The first-order valence-electron chi connectivity index (χ1n) is 14.1. The third-order valence-corrected chi connectivity index (χ3v) is 8.83.